The molecular weight excluding hydrogens is 316 g/mol. The van der Waals surface area contributed by atoms with Crippen molar-refractivity contribution in [2.75, 3.05) is 0 Å². The topological polar surface area (TPSA) is 72.8 Å². The van der Waals surface area contributed by atoms with Crippen molar-refractivity contribution >= 4 is 23.7 Å². The Kier molecular flexibility index (Phi) is 3.77. The van der Waals surface area contributed by atoms with E-state index >= 15 is 0 Å². The number of para-hydroxylation sites is 1. The highest BCUT2D eigenvalue weighted by molar-refractivity contribution is 7.99. The van der Waals surface area contributed by atoms with Crippen molar-refractivity contribution in [3.63, 3.8) is 0 Å². The minimum Gasteiger partial charge on any atom is -0.478 e. The van der Waals surface area contributed by atoms with Crippen molar-refractivity contribution in [2.45, 2.75) is 29.2 Å². The molecule has 0 aliphatic carbocycles. The van der Waals surface area contributed by atoms with E-state index in [1.54, 1.807) is 18.2 Å². The smallest absolute Gasteiger partial charge is 0.352 e. The number of carbonyl (C=O) groups is 2. The van der Waals surface area contributed by atoms with E-state index in [9.17, 15) is 14.7 Å². The molecule has 0 spiro atoms. The normalized spacial score (nSPS) is 14.7. The molecule has 3 rings (SSSR count). The summed E-state index contributed by atoms with van der Waals surface area (Å²) in [6, 6.07) is 12.6. The fraction of sp³-hybridized carbons (Fsp3) is 0.176. The van der Waals surface area contributed by atoms with E-state index in [-0.39, 0.29) is 0 Å². The average Bonchev–Trinajstić information content (AvgIpc) is 2.51. The van der Waals surface area contributed by atoms with Crippen molar-refractivity contribution < 1.29 is 24.2 Å². The Bertz CT molecular complexity index is 801. The van der Waals surface area contributed by atoms with E-state index in [2.05, 4.69) is 0 Å². The first-order valence-corrected chi connectivity index (χ1v) is 7.74. The number of fused-ring (bicyclic) bond motifs is 2. The second-order valence-electron chi connectivity index (χ2n) is 5.24. The first kappa shape index (κ1) is 15.4. The Hall–Kier alpha value is -2.47. The van der Waals surface area contributed by atoms with Gasteiger partial charge in [-0.3, -0.25) is 4.79 Å². The molecule has 1 atom stereocenters. The molecular formula is C17H14O5S. The Morgan fingerprint density at radius 1 is 1.13 bits per heavy atom. The number of benzene rings is 2. The maximum Gasteiger partial charge on any atom is 0.352 e. The van der Waals surface area contributed by atoms with E-state index in [4.69, 9.17) is 9.47 Å². The second kappa shape index (κ2) is 5.62. The van der Waals surface area contributed by atoms with Crippen LogP contribution in [0.5, 0.6) is 11.5 Å². The SMILES string of the molecule is CC(=O)OC(C)(C(=O)O)c1ccc2c(c1)Sc1ccccc1O2. The van der Waals surface area contributed by atoms with Crippen LogP contribution in [0.2, 0.25) is 0 Å². The number of carboxylic acid groups (broad SMARTS) is 1. The molecule has 2 aromatic carbocycles. The lowest BCUT2D eigenvalue weighted by molar-refractivity contribution is -0.176. The van der Waals surface area contributed by atoms with Crippen LogP contribution in [-0.2, 0) is 19.9 Å². The standard InChI is InChI=1S/C17H14O5S/c1-10(18)22-17(2,16(19)20)11-7-8-13-15(9-11)23-14-6-4-3-5-12(14)21-13/h3-9H,1-2H3,(H,19,20). The molecule has 5 nitrogen and oxygen atoms in total. The fourth-order valence-corrected chi connectivity index (χ4v) is 3.33. The van der Waals surface area contributed by atoms with Crippen LogP contribution in [0.3, 0.4) is 0 Å². The number of rotatable bonds is 3. The summed E-state index contributed by atoms with van der Waals surface area (Å²) in [4.78, 5) is 24.6. The van der Waals surface area contributed by atoms with Crippen LogP contribution in [0.25, 0.3) is 0 Å². The molecule has 0 aromatic heterocycles. The van der Waals surface area contributed by atoms with Gasteiger partial charge in [0.15, 0.2) is 0 Å². The van der Waals surface area contributed by atoms with Crippen molar-refractivity contribution in [3.05, 3.63) is 48.0 Å². The van der Waals surface area contributed by atoms with Crippen LogP contribution in [0, 0.1) is 0 Å². The highest BCUT2D eigenvalue weighted by atomic mass is 32.2. The lowest BCUT2D eigenvalue weighted by Gasteiger charge is -2.27. The number of carbonyl (C=O) groups excluding carboxylic acids is 1. The number of ether oxygens (including phenoxy) is 2. The third kappa shape index (κ3) is 2.77. The molecule has 6 heteroatoms. The van der Waals surface area contributed by atoms with Crippen LogP contribution in [-0.4, -0.2) is 17.0 Å². The molecule has 0 radical (unpaired) electrons. The molecule has 1 aliphatic heterocycles. The third-order valence-electron chi connectivity index (χ3n) is 3.54. The predicted molar refractivity (Wildman–Crippen MR) is 83.8 cm³/mol. The van der Waals surface area contributed by atoms with Crippen LogP contribution >= 0.6 is 11.8 Å². The van der Waals surface area contributed by atoms with Gasteiger partial charge in [0.2, 0.25) is 5.60 Å². The van der Waals surface area contributed by atoms with E-state index in [1.807, 2.05) is 24.3 Å². The molecule has 0 saturated carbocycles. The summed E-state index contributed by atoms with van der Waals surface area (Å²) in [7, 11) is 0. The van der Waals surface area contributed by atoms with Crippen LogP contribution in [0.1, 0.15) is 19.4 Å². The van der Waals surface area contributed by atoms with Gasteiger partial charge in [-0.15, -0.1) is 0 Å². The first-order chi connectivity index (χ1) is 10.9. The molecule has 0 bridgehead atoms. The molecule has 1 aliphatic rings. The highest BCUT2D eigenvalue weighted by Crippen LogP contribution is 2.47. The van der Waals surface area contributed by atoms with Crippen LogP contribution in [0.4, 0.5) is 0 Å². The van der Waals surface area contributed by atoms with Crippen molar-refractivity contribution in [2.24, 2.45) is 0 Å². The van der Waals surface area contributed by atoms with Gasteiger partial charge in [0.05, 0.1) is 9.79 Å². The number of esters is 1. The Morgan fingerprint density at radius 2 is 1.83 bits per heavy atom. The summed E-state index contributed by atoms with van der Waals surface area (Å²) in [5.41, 5.74) is -1.35. The Balaban J connectivity index is 2.02. The molecule has 1 heterocycles. The van der Waals surface area contributed by atoms with Gasteiger partial charge < -0.3 is 14.6 Å². The van der Waals surface area contributed by atoms with Gasteiger partial charge in [-0.1, -0.05) is 30.0 Å². The maximum absolute atomic E-state index is 11.6. The summed E-state index contributed by atoms with van der Waals surface area (Å²) in [6.07, 6.45) is 0. The van der Waals surface area contributed by atoms with E-state index < -0.39 is 17.5 Å². The summed E-state index contributed by atoms with van der Waals surface area (Å²) < 4.78 is 10.9. The summed E-state index contributed by atoms with van der Waals surface area (Å²) >= 11 is 1.48. The molecule has 1 N–H and O–H groups in total. The van der Waals surface area contributed by atoms with Gasteiger partial charge in [0.25, 0.3) is 0 Å². The summed E-state index contributed by atoms with van der Waals surface area (Å²) in [6.45, 7) is 2.55. The minimum absolute atomic E-state index is 0.384. The minimum atomic E-state index is -1.74. The monoisotopic (exact) mass is 330 g/mol. The molecule has 0 amide bonds. The molecule has 23 heavy (non-hydrogen) atoms. The third-order valence-corrected chi connectivity index (χ3v) is 4.64. The molecule has 118 valence electrons. The van der Waals surface area contributed by atoms with Crippen molar-refractivity contribution in [1.29, 1.82) is 0 Å². The number of carboxylic acids is 1. The lowest BCUT2D eigenvalue weighted by atomic mass is 9.95. The van der Waals surface area contributed by atoms with Crippen LogP contribution in [0.15, 0.2) is 52.3 Å². The zero-order valence-corrected chi connectivity index (χ0v) is 13.3. The number of hydrogen-bond donors (Lipinski definition) is 1. The predicted octanol–water partition coefficient (Wildman–Crippen LogP) is 3.81. The zero-order chi connectivity index (χ0) is 16.6. The quantitative estimate of drug-likeness (QED) is 0.736. The largest absolute Gasteiger partial charge is 0.478 e. The van der Waals surface area contributed by atoms with E-state index in [0.717, 1.165) is 15.5 Å². The zero-order valence-electron chi connectivity index (χ0n) is 12.5. The molecule has 2 aromatic rings. The molecule has 0 fully saturated rings. The lowest BCUT2D eigenvalue weighted by Crippen LogP contribution is -2.37. The Labute approximate surface area is 137 Å². The maximum atomic E-state index is 11.6. The van der Waals surface area contributed by atoms with Gasteiger partial charge in [-0.05, 0) is 31.2 Å². The van der Waals surface area contributed by atoms with Crippen molar-refractivity contribution in [1.82, 2.24) is 0 Å². The number of hydrogen-bond acceptors (Lipinski definition) is 5. The summed E-state index contributed by atoms with van der Waals surface area (Å²) in [5, 5.41) is 9.48. The van der Waals surface area contributed by atoms with Crippen LogP contribution < -0.4 is 4.74 Å². The Morgan fingerprint density at radius 3 is 2.52 bits per heavy atom. The van der Waals surface area contributed by atoms with Gasteiger partial charge in [0.1, 0.15) is 11.5 Å². The van der Waals surface area contributed by atoms with Crippen molar-refractivity contribution in [3.8, 4) is 11.5 Å². The van der Waals surface area contributed by atoms with Gasteiger partial charge in [-0.2, -0.15) is 0 Å². The van der Waals surface area contributed by atoms with E-state index in [1.165, 1.54) is 25.6 Å². The molecule has 1 unspecified atom stereocenters. The summed E-state index contributed by atoms with van der Waals surface area (Å²) in [5.74, 6) is -0.469. The van der Waals surface area contributed by atoms with Gasteiger partial charge in [-0.25, -0.2) is 4.79 Å². The van der Waals surface area contributed by atoms with E-state index in [0.29, 0.717) is 11.3 Å². The highest BCUT2D eigenvalue weighted by Gasteiger charge is 2.39. The first-order valence-electron chi connectivity index (χ1n) is 6.92. The second-order valence-corrected chi connectivity index (χ2v) is 6.33. The van der Waals surface area contributed by atoms with Gasteiger partial charge in [0, 0.05) is 12.5 Å². The van der Waals surface area contributed by atoms with Gasteiger partial charge >= 0.3 is 11.9 Å². The molecule has 0 saturated heterocycles. The number of aliphatic carboxylic acids is 1. The fourth-order valence-electron chi connectivity index (χ4n) is 2.34. The average molecular weight is 330 g/mol.